The van der Waals surface area contributed by atoms with E-state index in [9.17, 15) is 23.6 Å². The summed E-state index contributed by atoms with van der Waals surface area (Å²) in [5.74, 6) is -2.02. The quantitative estimate of drug-likeness (QED) is 0.189. The maximum Gasteiger partial charge on any atom is 0.410 e. The van der Waals surface area contributed by atoms with Gasteiger partial charge in [0.1, 0.15) is 16.4 Å². The topological polar surface area (TPSA) is 114 Å². The number of benzene rings is 2. The molecule has 1 unspecified atom stereocenters. The standard InChI is InChI=1S/C32H36FN3O6S2/c1-6-24(43-20-12-10-11-19(17-20)34-27(37)21-13-8-9-14-23(21)33)28(38)35-29-26(30(39)41-7-2)22-15-16-36(18-25(22)44-29)31(40)42-32(3,4)5/h8-14,17,24H,6-7,15-16,18H2,1-5H3,(H,34,37)(H,35,38). The molecule has 1 aliphatic rings. The lowest BCUT2D eigenvalue weighted by molar-refractivity contribution is -0.115. The van der Waals surface area contributed by atoms with Crippen LogP contribution in [0.5, 0.6) is 0 Å². The van der Waals surface area contributed by atoms with Gasteiger partial charge in [-0.25, -0.2) is 14.0 Å². The predicted octanol–water partition coefficient (Wildman–Crippen LogP) is 7.12. The number of halogens is 1. The highest BCUT2D eigenvalue weighted by Crippen LogP contribution is 2.39. The van der Waals surface area contributed by atoms with Crippen molar-refractivity contribution in [1.82, 2.24) is 4.90 Å². The van der Waals surface area contributed by atoms with Crippen LogP contribution in [0.15, 0.2) is 53.4 Å². The SMILES string of the molecule is CCOC(=O)c1c(NC(=O)C(CC)Sc2cccc(NC(=O)c3ccccc3F)c2)sc2c1CCN(C(=O)OC(C)(C)C)C2. The largest absolute Gasteiger partial charge is 0.462 e. The first-order valence-corrected chi connectivity index (χ1v) is 16.0. The lowest BCUT2D eigenvalue weighted by Gasteiger charge is -2.30. The molecule has 4 rings (SSSR count). The Hall–Kier alpha value is -3.90. The van der Waals surface area contributed by atoms with Gasteiger partial charge in [0.2, 0.25) is 5.91 Å². The normalized spacial score (nSPS) is 13.5. The Morgan fingerprint density at radius 3 is 2.50 bits per heavy atom. The third kappa shape index (κ3) is 8.17. The minimum atomic E-state index is -0.639. The van der Waals surface area contributed by atoms with Gasteiger partial charge in [-0.2, -0.15) is 0 Å². The molecule has 0 spiro atoms. The fourth-order valence-electron chi connectivity index (χ4n) is 4.56. The van der Waals surface area contributed by atoms with Crippen molar-refractivity contribution in [2.24, 2.45) is 0 Å². The van der Waals surface area contributed by atoms with Gasteiger partial charge in [0.15, 0.2) is 0 Å². The van der Waals surface area contributed by atoms with E-state index in [2.05, 4.69) is 10.6 Å². The summed E-state index contributed by atoms with van der Waals surface area (Å²) in [5.41, 5.74) is 0.842. The summed E-state index contributed by atoms with van der Waals surface area (Å²) in [4.78, 5) is 55.0. The number of ether oxygens (including phenoxy) is 2. The summed E-state index contributed by atoms with van der Waals surface area (Å²) in [6, 6.07) is 12.7. The molecular formula is C32H36FN3O6S2. The van der Waals surface area contributed by atoms with Crippen LogP contribution < -0.4 is 10.6 Å². The monoisotopic (exact) mass is 641 g/mol. The van der Waals surface area contributed by atoms with Crippen molar-refractivity contribution in [2.75, 3.05) is 23.8 Å². The van der Waals surface area contributed by atoms with Crippen LogP contribution >= 0.6 is 23.1 Å². The van der Waals surface area contributed by atoms with Gasteiger partial charge in [0.25, 0.3) is 5.91 Å². The van der Waals surface area contributed by atoms with Gasteiger partial charge in [0.05, 0.1) is 29.5 Å². The highest BCUT2D eigenvalue weighted by molar-refractivity contribution is 8.00. The molecule has 1 aromatic heterocycles. The summed E-state index contributed by atoms with van der Waals surface area (Å²) in [7, 11) is 0. The van der Waals surface area contributed by atoms with E-state index in [0.717, 1.165) is 15.3 Å². The van der Waals surface area contributed by atoms with E-state index in [4.69, 9.17) is 9.47 Å². The van der Waals surface area contributed by atoms with Gasteiger partial charge >= 0.3 is 12.1 Å². The Morgan fingerprint density at radius 1 is 1.07 bits per heavy atom. The molecule has 3 amide bonds. The summed E-state index contributed by atoms with van der Waals surface area (Å²) in [5, 5.41) is 5.51. The number of thiophene rings is 1. The van der Waals surface area contributed by atoms with E-state index in [0.29, 0.717) is 35.6 Å². The smallest absolute Gasteiger partial charge is 0.410 e. The van der Waals surface area contributed by atoms with E-state index in [-0.39, 0.29) is 24.6 Å². The summed E-state index contributed by atoms with van der Waals surface area (Å²) in [6.45, 7) is 9.82. The van der Waals surface area contributed by atoms with Gasteiger partial charge in [-0.05, 0) is 76.4 Å². The lowest BCUT2D eigenvalue weighted by atomic mass is 10.0. The number of hydrogen-bond donors (Lipinski definition) is 2. The number of nitrogens with one attached hydrogen (secondary N) is 2. The van der Waals surface area contributed by atoms with Crippen molar-refractivity contribution < 1.29 is 33.0 Å². The Balaban J connectivity index is 1.50. The zero-order chi connectivity index (χ0) is 32.0. The second-order valence-electron chi connectivity index (χ2n) is 11.0. The molecule has 2 heterocycles. The van der Waals surface area contributed by atoms with E-state index < -0.39 is 34.6 Å². The second-order valence-corrected chi connectivity index (χ2v) is 13.4. The fraction of sp³-hybridized carbons (Fsp3) is 0.375. The van der Waals surface area contributed by atoms with Crippen molar-refractivity contribution >= 4 is 57.7 Å². The molecular weight excluding hydrogens is 605 g/mol. The maximum atomic E-state index is 14.1. The van der Waals surface area contributed by atoms with E-state index >= 15 is 0 Å². The third-order valence-corrected chi connectivity index (χ3v) is 9.07. The number of rotatable bonds is 9. The first-order valence-electron chi connectivity index (χ1n) is 14.3. The number of carbonyl (C=O) groups excluding carboxylic acids is 4. The van der Waals surface area contributed by atoms with Crippen molar-refractivity contribution in [2.45, 2.75) is 69.8 Å². The molecule has 0 aliphatic carbocycles. The number of thioether (sulfide) groups is 1. The minimum absolute atomic E-state index is 0.0679. The van der Waals surface area contributed by atoms with Gasteiger partial charge in [-0.3, -0.25) is 9.59 Å². The molecule has 2 aromatic carbocycles. The molecule has 0 radical (unpaired) electrons. The van der Waals surface area contributed by atoms with E-state index in [1.54, 1.807) is 56.9 Å². The van der Waals surface area contributed by atoms with Crippen molar-refractivity contribution in [1.29, 1.82) is 0 Å². The fourth-order valence-corrected chi connectivity index (χ4v) is 6.83. The average Bonchev–Trinajstić information content (AvgIpc) is 3.32. The van der Waals surface area contributed by atoms with Gasteiger partial charge in [-0.15, -0.1) is 23.1 Å². The van der Waals surface area contributed by atoms with Crippen molar-refractivity contribution in [3.05, 3.63) is 75.9 Å². The Labute approximate surface area is 264 Å². The first-order chi connectivity index (χ1) is 20.9. The minimum Gasteiger partial charge on any atom is -0.462 e. The molecule has 1 aliphatic heterocycles. The van der Waals surface area contributed by atoms with Crippen LogP contribution in [0.25, 0.3) is 0 Å². The molecule has 0 fully saturated rings. The Kier molecular flexibility index (Phi) is 10.7. The van der Waals surface area contributed by atoms with Crippen LogP contribution in [-0.2, 0) is 27.2 Å². The molecule has 0 saturated carbocycles. The summed E-state index contributed by atoms with van der Waals surface area (Å²) in [6.07, 6.45) is 0.468. The molecule has 44 heavy (non-hydrogen) atoms. The van der Waals surface area contributed by atoms with E-state index in [1.807, 2.05) is 13.0 Å². The number of fused-ring (bicyclic) bond motifs is 1. The third-order valence-electron chi connectivity index (χ3n) is 6.58. The van der Waals surface area contributed by atoms with Crippen LogP contribution in [0.4, 0.5) is 19.9 Å². The average molecular weight is 642 g/mol. The molecule has 2 N–H and O–H groups in total. The molecule has 0 saturated heterocycles. The number of amides is 3. The zero-order valence-electron chi connectivity index (χ0n) is 25.3. The number of anilines is 2. The summed E-state index contributed by atoms with van der Waals surface area (Å²) < 4.78 is 24.9. The van der Waals surface area contributed by atoms with Crippen LogP contribution in [0.2, 0.25) is 0 Å². The molecule has 234 valence electrons. The highest BCUT2D eigenvalue weighted by atomic mass is 32.2. The molecule has 1 atom stereocenters. The number of hydrogen-bond acceptors (Lipinski definition) is 8. The molecule has 0 bridgehead atoms. The first kappa shape index (κ1) is 33.0. The predicted molar refractivity (Wildman–Crippen MR) is 170 cm³/mol. The van der Waals surface area contributed by atoms with Crippen LogP contribution in [0, 0.1) is 5.82 Å². The molecule has 3 aromatic rings. The van der Waals surface area contributed by atoms with E-state index in [1.165, 1.54) is 41.3 Å². The van der Waals surface area contributed by atoms with Crippen LogP contribution in [0.1, 0.15) is 72.2 Å². The summed E-state index contributed by atoms with van der Waals surface area (Å²) >= 11 is 2.56. The number of nitrogens with zero attached hydrogens (tertiary/aromatic N) is 1. The van der Waals surface area contributed by atoms with Gasteiger partial charge in [0, 0.05) is 22.0 Å². The Morgan fingerprint density at radius 2 is 1.82 bits per heavy atom. The lowest BCUT2D eigenvalue weighted by Crippen LogP contribution is -2.39. The molecule has 9 nitrogen and oxygen atoms in total. The van der Waals surface area contributed by atoms with Crippen molar-refractivity contribution in [3.63, 3.8) is 0 Å². The molecule has 12 heteroatoms. The highest BCUT2D eigenvalue weighted by Gasteiger charge is 2.33. The van der Waals surface area contributed by atoms with Crippen LogP contribution in [-0.4, -0.2) is 52.8 Å². The maximum absolute atomic E-state index is 14.1. The zero-order valence-corrected chi connectivity index (χ0v) is 27.0. The van der Waals surface area contributed by atoms with Crippen molar-refractivity contribution in [3.8, 4) is 0 Å². The van der Waals surface area contributed by atoms with Gasteiger partial charge < -0.3 is 25.0 Å². The van der Waals surface area contributed by atoms with Crippen LogP contribution in [0.3, 0.4) is 0 Å². The number of esters is 1. The Bertz CT molecular complexity index is 1550. The van der Waals surface area contributed by atoms with Gasteiger partial charge in [-0.1, -0.05) is 25.1 Å². The second kappa shape index (κ2) is 14.3. The number of carbonyl (C=O) groups is 4.